The van der Waals surface area contributed by atoms with Gasteiger partial charge in [-0.1, -0.05) is 26.7 Å². The number of hydrogen-bond donors (Lipinski definition) is 2. The third-order valence-corrected chi connectivity index (χ3v) is 4.66. The molecule has 1 amide bonds. The molecular weight excluding hydrogens is 302 g/mol. The lowest BCUT2D eigenvalue weighted by molar-refractivity contribution is -0.121. The zero-order valence-corrected chi connectivity index (χ0v) is 15.9. The maximum Gasteiger partial charge on any atom is 0.221 e. The fraction of sp³-hybridized carbons (Fsp3) is 0.778. The summed E-state index contributed by atoms with van der Waals surface area (Å²) < 4.78 is 1.94. The van der Waals surface area contributed by atoms with Gasteiger partial charge in [0.15, 0.2) is 0 Å². The van der Waals surface area contributed by atoms with E-state index in [0.717, 1.165) is 30.9 Å². The Hall–Kier alpha value is -1.56. The average molecular weight is 335 g/mol. The first-order valence-electron chi connectivity index (χ1n) is 9.13. The standard InChI is InChI=1S/C18H33N5O/c1-13(2)17-15(18(22(3)4)23(5)21-17)12-19-11-10-16(24)20-14-8-6-7-9-14/h13-14,19H,6-12H2,1-5H3,(H,20,24). The molecule has 0 spiro atoms. The van der Waals surface area contributed by atoms with E-state index in [0.29, 0.717) is 24.9 Å². The summed E-state index contributed by atoms with van der Waals surface area (Å²) >= 11 is 0. The molecule has 1 aliphatic rings. The van der Waals surface area contributed by atoms with Crippen LogP contribution in [0.25, 0.3) is 0 Å². The molecule has 24 heavy (non-hydrogen) atoms. The van der Waals surface area contributed by atoms with Crippen LogP contribution in [-0.2, 0) is 18.4 Å². The van der Waals surface area contributed by atoms with Gasteiger partial charge in [0.2, 0.25) is 5.91 Å². The molecule has 6 heteroatoms. The zero-order valence-electron chi connectivity index (χ0n) is 15.9. The molecule has 6 nitrogen and oxygen atoms in total. The van der Waals surface area contributed by atoms with Gasteiger partial charge in [0.05, 0.1) is 5.69 Å². The first-order chi connectivity index (χ1) is 11.4. The highest BCUT2D eigenvalue weighted by Crippen LogP contribution is 2.27. The minimum atomic E-state index is 0.164. The topological polar surface area (TPSA) is 62.2 Å². The molecule has 0 radical (unpaired) electrons. The van der Waals surface area contributed by atoms with Crippen molar-refractivity contribution in [3.63, 3.8) is 0 Å². The number of hydrogen-bond acceptors (Lipinski definition) is 4. The Morgan fingerprint density at radius 2 is 2.00 bits per heavy atom. The molecule has 0 bridgehead atoms. The summed E-state index contributed by atoms with van der Waals surface area (Å²) in [6, 6.07) is 0.406. The molecule has 136 valence electrons. The number of nitrogens with zero attached hydrogens (tertiary/aromatic N) is 3. The molecule has 1 saturated carbocycles. The van der Waals surface area contributed by atoms with Crippen molar-refractivity contribution in [2.75, 3.05) is 25.5 Å². The largest absolute Gasteiger partial charge is 0.363 e. The molecule has 1 fully saturated rings. The van der Waals surface area contributed by atoms with Gasteiger partial charge in [0.1, 0.15) is 5.82 Å². The Kier molecular flexibility index (Phi) is 6.66. The molecule has 1 heterocycles. The van der Waals surface area contributed by atoms with Gasteiger partial charge in [-0.2, -0.15) is 5.10 Å². The van der Waals surface area contributed by atoms with E-state index in [2.05, 4.69) is 34.5 Å². The van der Waals surface area contributed by atoms with E-state index in [1.807, 2.05) is 25.8 Å². The third kappa shape index (κ3) is 4.72. The van der Waals surface area contributed by atoms with E-state index in [-0.39, 0.29) is 5.91 Å². The van der Waals surface area contributed by atoms with E-state index in [1.54, 1.807) is 0 Å². The first kappa shape index (κ1) is 18.8. The van der Waals surface area contributed by atoms with Crippen molar-refractivity contribution >= 4 is 11.7 Å². The Morgan fingerprint density at radius 1 is 1.33 bits per heavy atom. The van der Waals surface area contributed by atoms with Crippen molar-refractivity contribution < 1.29 is 4.79 Å². The second kappa shape index (κ2) is 8.51. The molecule has 2 rings (SSSR count). The maximum atomic E-state index is 12.0. The Morgan fingerprint density at radius 3 is 2.58 bits per heavy atom. The minimum absolute atomic E-state index is 0.164. The summed E-state index contributed by atoms with van der Waals surface area (Å²) in [6.45, 7) is 5.77. The van der Waals surface area contributed by atoms with E-state index < -0.39 is 0 Å². The molecule has 0 aromatic carbocycles. The van der Waals surface area contributed by atoms with Gasteiger partial charge in [-0.05, 0) is 18.8 Å². The highest BCUT2D eigenvalue weighted by Gasteiger charge is 2.20. The molecular formula is C18H33N5O. The summed E-state index contributed by atoms with van der Waals surface area (Å²) in [6.07, 6.45) is 5.30. The quantitative estimate of drug-likeness (QED) is 0.715. The van der Waals surface area contributed by atoms with Gasteiger partial charge in [0, 0.05) is 52.3 Å². The summed E-state index contributed by atoms with van der Waals surface area (Å²) in [5.41, 5.74) is 2.36. The average Bonchev–Trinajstić information content (AvgIpc) is 3.11. The number of carbonyl (C=O) groups excluding carboxylic acids is 1. The molecule has 1 aromatic rings. The number of aromatic nitrogens is 2. The highest BCUT2D eigenvalue weighted by molar-refractivity contribution is 5.76. The summed E-state index contributed by atoms with van der Waals surface area (Å²) in [5.74, 6) is 1.67. The van der Waals surface area contributed by atoms with Gasteiger partial charge in [-0.3, -0.25) is 9.48 Å². The van der Waals surface area contributed by atoms with Gasteiger partial charge in [-0.15, -0.1) is 0 Å². The Bertz CT molecular complexity index is 544. The van der Waals surface area contributed by atoms with Crippen LogP contribution in [0.15, 0.2) is 0 Å². The summed E-state index contributed by atoms with van der Waals surface area (Å²) in [5, 5.41) is 11.2. The lowest BCUT2D eigenvalue weighted by Crippen LogP contribution is -2.34. The van der Waals surface area contributed by atoms with Gasteiger partial charge < -0.3 is 15.5 Å². The van der Waals surface area contributed by atoms with Crippen LogP contribution in [0.1, 0.15) is 63.1 Å². The van der Waals surface area contributed by atoms with Crippen molar-refractivity contribution in [3.05, 3.63) is 11.3 Å². The zero-order chi connectivity index (χ0) is 17.7. The highest BCUT2D eigenvalue weighted by atomic mass is 16.1. The normalized spacial score (nSPS) is 15.2. The van der Waals surface area contributed by atoms with Crippen molar-refractivity contribution in [2.45, 2.75) is 64.5 Å². The van der Waals surface area contributed by atoms with E-state index in [9.17, 15) is 4.79 Å². The predicted octanol–water partition coefficient (Wildman–Crippen LogP) is 2.15. The fourth-order valence-electron chi connectivity index (χ4n) is 3.56. The van der Waals surface area contributed by atoms with Crippen LogP contribution < -0.4 is 15.5 Å². The Balaban J connectivity index is 1.86. The van der Waals surface area contributed by atoms with E-state index >= 15 is 0 Å². The van der Waals surface area contributed by atoms with Crippen LogP contribution in [0.5, 0.6) is 0 Å². The number of amides is 1. The lowest BCUT2D eigenvalue weighted by Gasteiger charge is -2.16. The molecule has 2 N–H and O–H groups in total. The number of aryl methyl sites for hydroxylation is 1. The number of rotatable bonds is 8. The van der Waals surface area contributed by atoms with Crippen LogP contribution >= 0.6 is 0 Å². The van der Waals surface area contributed by atoms with E-state index in [4.69, 9.17) is 0 Å². The smallest absolute Gasteiger partial charge is 0.221 e. The van der Waals surface area contributed by atoms with Gasteiger partial charge in [-0.25, -0.2) is 0 Å². The summed E-state index contributed by atoms with van der Waals surface area (Å²) in [4.78, 5) is 14.1. The van der Waals surface area contributed by atoms with Crippen LogP contribution in [0.4, 0.5) is 5.82 Å². The monoisotopic (exact) mass is 335 g/mol. The second-order valence-corrected chi connectivity index (χ2v) is 7.34. The van der Waals surface area contributed by atoms with Crippen LogP contribution in [0, 0.1) is 0 Å². The minimum Gasteiger partial charge on any atom is -0.363 e. The molecule has 1 aromatic heterocycles. The molecule has 0 unspecified atom stereocenters. The van der Waals surface area contributed by atoms with Gasteiger partial charge >= 0.3 is 0 Å². The summed E-state index contributed by atoms with van der Waals surface area (Å²) in [7, 11) is 6.07. The first-order valence-corrected chi connectivity index (χ1v) is 9.13. The van der Waals surface area contributed by atoms with Crippen LogP contribution in [0.2, 0.25) is 0 Å². The SMILES string of the molecule is CC(C)c1nn(C)c(N(C)C)c1CNCCC(=O)NC1CCCC1. The van der Waals surface area contributed by atoms with Crippen LogP contribution in [-0.4, -0.2) is 42.4 Å². The molecule has 0 atom stereocenters. The number of carbonyl (C=O) groups is 1. The van der Waals surface area contributed by atoms with Gasteiger partial charge in [0.25, 0.3) is 0 Å². The number of nitrogens with one attached hydrogen (secondary N) is 2. The van der Waals surface area contributed by atoms with Crippen LogP contribution in [0.3, 0.4) is 0 Å². The lowest BCUT2D eigenvalue weighted by atomic mass is 10.1. The van der Waals surface area contributed by atoms with Crippen molar-refractivity contribution in [2.24, 2.45) is 7.05 Å². The molecule has 1 aliphatic carbocycles. The van der Waals surface area contributed by atoms with Crippen molar-refractivity contribution in [3.8, 4) is 0 Å². The Labute approximate surface area is 146 Å². The van der Waals surface area contributed by atoms with E-state index in [1.165, 1.54) is 18.4 Å². The predicted molar refractivity (Wildman–Crippen MR) is 98.3 cm³/mol. The second-order valence-electron chi connectivity index (χ2n) is 7.34. The number of anilines is 1. The van der Waals surface area contributed by atoms with Crippen molar-refractivity contribution in [1.82, 2.24) is 20.4 Å². The maximum absolute atomic E-state index is 12.0. The van der Waals surface area contributed by atoms with Crippen molar-refractivity contribution in [1.29, 1.82) is 0 Å². The molecule has 0 saturated heterocycles. The third-order valence-electron chi connectivity index (χ3n) is 4.66. The molecule has 0 aliphatic heterocycles. The fourth-order valence-corrected chi connectivity index (χ4v) is 3.56.